The van der Waals surface area contributed by atoms with Gasteiger partial charge in [0.15, 0.2) is 0 Å². The van der Waals surface area contributed by atoms with Gasteiger partial charge in [-0.3, -0.25) is 14.5 Å². The van der Waals surface area contributed by atoms with Crippen LogP contribution in [0.1, 0.15) is 34.2 Å². The number of fused-ring (bicyclic) bond motifs is 3. The number of halogens is 4. The van der Waals surface area contributed by atoms with E-state index in [4.69, 9.17) is 0 Å². The molecule has 2 aliphatic rings. The van der Waals surface area contributed by atoms with E-state index < -0.39 is 23.6 Å². The summed E-state index contributed by atoms with van der Waals surface area (Å²) in [6.07, 6.45) is -4.49. The number of rotatable bonds is 1. The molecule has 4 rings (SSSR count). The second-order valence-electron chi connectivity index (χ2n) is 8.01. The zero-order valence-corrected chi connectivity index (χ0v) is 17.7. The summed E-state index contributed by atoms with van der Waals surface area (Å²) >= 11 is 0. The van der Waals surface area contributed by atoms with Gasteiger partial charge in [0, 0.05) is 44.4 Å². The molecular weight excluding hydrogens is 432 g/mol. The molecule has 8 nitrogen and oxygen atoms in total. The van der Waals surface area contributed by atoms with Gasteiger partial charge in [-0.2, -0.15) is 18.3 Å². The smallest absolute Gasteiger partial charge is 0.317 e. The van der Waals surface area contributed by atoms with Crippen molar-refractivity contribution in [2.75, 3.05) is 26.0 Å². The molecule has 0 bridgehead atoms. The van der Waals surface area contributed by atoms with E-state index in [-0.39, 0.29) is 24.2 Å². The first-order valence-corrected chi connectivity index (χ1v) is 9.99. The minimum Gasteiger partial charge on any atom is -0.317 e. The maximum Gasteiger partial charge on any atom is 0.419 e. The number of carbonyl (C=O) groups is 2. The van der Waals surface area contributed by atoms with Crippen molar-refractivity contribution in [1.29, 1.82) is 0 Å². The summed E-state index contributed by atoms with van der Waals surface area (Å²) in [6, 6.07) is 1.35. The van der Waals surface area contributed by atoms with Crippen LogP contribution in [0, 0.1) is 5.82 Å². The molecule has 0 unspecified atom stereocenters. The molecule has 12 heteroatoms. The fourth-order valence-electron chi connectivity index (χ4n) is 3.98. The third-order valence-electron chi connectivity index (χ3n) is 5.91. The Kier molecular flexibility index (Phi) is 5.35. The van der Waals surface area contributed by atoms with Crippen molar-refractivity contribution in [3.05, 3.63) is 46.5 Å². The van der Waals surface area contributed by atoms with Crippen LogP contribution in [0.3, 0.4) is 0 Å². The highest BCUT2D eigenvalue weighted by molar-refractivity contribution is 5.95. The number of carbonyl (C=O) groups excluding carboxylic acids is 2. The topological polar surface area (TPSA) is 73.7 Å². The molecule has 1 aromatic carbocycles. The number of likely N-dealkylation sites (N-methyl/N-ethyl adjacent to an activating group) is 1. The normalized spacial score (nSPS) is 19.5. The van der Waals surface area contributed by atoms with Crippen LogP contribution >= 0.6 is 0 Å². The van der Waals surface area contributed by atoms with Crippen molar-refractivity contribution < 1.29 is 27.2 Å². The molecular formula is C20H22F4N6O2. The van der Waals surface area contributed by atoms with Gasteiger partial charge >= 0.3 is 12.2 Å². The molecule has 32 heavy (non-hydrogen) atoms. The van der Waals surface area contributed by atoms with E-state index in [1.54, 1.807) is 30.7 Å². The third-order valence-corrected chi connectivity index (χ3v) is 5.91. The first-order chi connectivity index (χ1) is 15.0. The fraction of sp³-hybridized carbons (Fsp3) is 0.450. The van der Waals surface area contributed by atoms with Crippen molar-refractivity contribution >= 4 is 17.6 Å². The summed E-state index contributed by atoms with van der Waals surface area (Å²) in [5.74, 6) is -1.66. The average molecular weight is 454 g/mol. The number of hydrogen-bond acceptors (Lipinski definition) is 4. The predicted octanol–water partition coefficient (Wildman–Crippen LogP) is 2.95. The summed E-state index contributed by atoms with van der Waals surface area (Å²) in [6.45, 7) is 2.96. The molecule has 0 fully saturated rings. The van der Waals surface area contributed by atoms with Crippen LogP contribution in [0.5, 0.6) is 0 Å². The van der Waals surface area contributed by atoms with E-state index in [1.807, 2.05) is 0 Å². The second kappa shape index (κ2) is 7.76. The SMILES string of the molecule is C[C@@H]1Cc2nn3c(c2CN1C(=O)Nc1ccc(F)c(C(F)(F)F)c1)C(=O)N(C)N(C)CC3. The van der Waals surface area contributed by atoms with Crippen LogP contribution in [-0.2, 0) is 25.7 Å². The minimum atomic E-state index is -4.88. The molecule has 2 aliphatic heterocycles. The van der Waals surface area contributed by atoms with Crippen molar-refractivity contribution in [3.63, 3.8) is 0 Å². The summed E-state index contributed by atoms with van der Waals surface area (Å²) in [4.78, 5) is 27.3. The largest absolute Gasteiger partial charge is 0.419 e. The van der Waals surface area contributed by atoms with Crippen LogP contribution in [0.25, 0.3) is 0 Å². The average Bonchev–Trinajstić information content (AvgIpc) is 3.02. The number of amides is 3. The summed E-state index contributed by atoms with van der Waals surface area (Å²) in [7, 11) is 3.44. The van der Waals surface area contributed by atoms with E-state index in [2.05, 4.69) is 10.4 Å². The van der Waals surface area contributed by atoms with E-state index in [0.717, 1.165) is 11.8 Å². The van der Waals surface area contributed by atoms with Gasteiger partial charge in [-0.1, -0.05) is 0 Å². The summed E-state index contributed by atoms with van der Waals surface area (Å²) in [5, 5.41) is 10.2. The summed E-state index contributed by atoms with van der Waals surface area (Å²) in [5.41, 5.74) is 0.124. The number of benzene rings is 1. The van der Waals surface area contributed by atoms with Crippen molar-refractivity contribution in [2.24, 2.45) is 0 Å². The Bertz CT molecular complexity index is 1080. The molecule has 1 N–H and O–H groups in total. The van der Waals surface area contributed by atoms with E-state index >= 15 is 0 Å². The lowest BCUT2D eigenvalue weighted by Gasteiger charge is -2.33. The Morgan fingerprint density at radius 3 is 2.62 bits per heavy atom. The first kappa shape index (κ1) is 22.1. The Morgan fingerprint density at radius 1 is 1.22 bits per heavy atom. The molecule has 0 saturated carbocycles. The highest BCUT2D eigenvalue weighted by Crippen LogP contribution is 2.33. The third kappa shape index (κ3) is 3.78. The second-order valence-corrected chi connectivity index (χ2v) is 8.01. The molecule has 1 aromatic heterocycles. The van der Waals surface area contributed by atoms with Gasteiger partial charge in [0.2, 0.25) is 0 Å². The van der Waals surface area contributed by atoms with Gasteiger partial charge in [-0.15, -0.1) is 0 Å². The van der Waals surface area contributed by atoms with Crippen molar-refractivity contribution in [1.82, 2.24) is 24.7 Å². The lowest BCUT2D eigenvalue weighted by atomic mass is 9.99. The highest BCUT2D eigenvalue weighted by Gasteiger charge is 2.37. The molecule has 3 amide bonds. The lowest BCUT2D eigenvalue weighted by Crippen LogP contribution is -2.45. The Morgan fingerprint density at radius 2 is 1.94 bits per heavy atom. The molecule has 3 heterocycles. The minimum absolute atomic E-state index is 0.0777. The molecule has 0 spiro atoms. The number of anilines is 1. The molecule has 0 saturated heterocycles. The van der Waals surface area contributed by atoms with Gasteiger partial charge in [0.1, 0.15) is 11.5 Å². The predicted molar refractivity (Wildman–Crippen MR) is 106 cm³/mol. The Balaban J connectivity index is 1.60. The van der Waals surface area contributed by atoms with Gasteiger partial charge in [0.25, 0.3) is 5.91 Å². The van der Waals surface area contributed by atoms with Crippen LogP contribution in [0.2, 0.25) is 0 Å². The number of hydrogen-bond donors (Lipinski definition) is 1. The molecule has 0 radical (unpaired) electrons. The van der Waals surface area contributed by atoms with Gasteiger partial charge < -0.3 is 10.2 Å². The fourth-order valence-corrected chi connectivity index (χ4v) is 3.98. The molecule has 2 aromatic rings. The van der Waals surface area contributed by atoms with Gasteiger partial charge in [-0.25, -0.2) is 14.2 Å². The quantitative estimate of drug-likeness (QED) is 0.673. The van der Waals surface area contributed by atoms with Crippen LogP contribution in [0.4, 0.5) is 28.0 Å². The number of alkyl halides is 3. The lowest BCUT2D eigenvalue weighted by molar-refractivity contribution is -0.139. The Labute approximate surface area is 181 Å². The van der Waals surface area contributed by atoms with E-state index in [0.29, 0.717) is 42.9 Å². The highest BCUT2D eigenvalue weighted by atomic mass is 19.4. The number of nitrogens with zero attached hydrogens (tertiary/aromatic N) is 5. The van der Waals surface area contributed by atoms with Crippen molar-refractivity contribution in [3.8, 4) is 0 Å². The van der Waals surface area contributed by atoms with E-state index in [1.165, 1.54) is 9.91 Å². The van der Waals surface area contributed by atoms with Crippen LogP contribution < -0.4 is 5.32 Å². The van der Waals surface area contributed by atoms with Crippen LogP contribution in [0.15, 0.2) is 18.2 Å². The monoisotopic (exact) mass is 454 g/mol. The Hall–Kier alpha value is -3.15. The number of nitrogens with one attached hydrogen (secondary N) is 1. The molecule has 1 atom stereocenters. The maximum atomic E-state index is 13.5. The number of hydrazine groups is 1. The number of aromatic nitrogens is 2. The first-order valence-electron chi connectivity index (χ1n) is 9.99. The molecule has 0 aliphatic carbocycles. The standard InChI is InChI=1S/C20H22F4N6O2/c1-11-8-16-13(17-18(31)28(3)27(2)6-7-30(17)26-16)10-29(11)19(32)25-12-4-5-15(21)14(9-12)20(22,23)24/h4-5,9,11H,6-8,10H2,1-3H3,(H,25,32)/t11-/m1/s1. The van der Waals surface area contributed by atoms with Gasteiger partial charge in [-0.05, 0) is 25.1 Å². The van der Waals surface area contributed by atoms with E-state index in [9.17, 15) is 27.2 Å². The summed E-state index contributed by atoms with van der Waals surface area (Å²) < 4.78 is 54.2. The zero-order valence-electron chi connectivity index (χ0n) is 17.7. The zero-order chi connectivity index (χ0) is 23.4. The number of urea groups is 1. The molecule has 172 valence electrons. The van der Waals surface area contributed by atoms with Gasteiger partial charge in [0.05, 0.1) is 24.3 Å². The van der Waals surface area contributed by atoms with Crippen molar-refractivity contribution in [2.45, 2.75) is 38.7 Å². The van der Waals surface area contributed by atoms with Crippen LogP contribution in [-0.4, -0.2) is 63.3 Å². The maximum absolute atomic E-state index is 13.5.